The van der Waals surface area contributed by atoms with Crippen LogP contribution < -0.4 is 0 Å². The van der Waals surface area contributed by atoms with Crippen LogP contribution in [-0.4, -0.2) is 50.6 Å². The van der Waals surface area contributed by atoms with Gasteiger partial charge in [-0.3, -0.25) is 0 Å². The lowest BCUT2D eigenvalue weighted by molar-refractivity contribution is 0.130. The highest BCUT2D eigenvalue weighted by Crippen LogP contribution is 2.14. The van der Waals surface area contributed by atoms with Crippen molar-refractivity contribution in [3.8, 4) is 0 Å². The third-order valence-electron chi connectivity index (χ3n) is 2.58. The standard InChI is InChI=1S/C12H18FNO3S/c1-14(7-8-18(2,16)17)9-12(15)10-3-5-11(13)6-4-10/h3-6,12,15H,7-9H2,1-2H3. The van der Waals surface area contributed by atoms with Crippen LogP contribution in [0.15, 0.2) is 24.3 Å². The van der Waals surface area contributed by atoms with Gasteiger partial charge in [0.15, 0.2) is 0 Å². The molecule has 102 valence electrons. The Morgan fingerprint density at radius 2 is 1.89 bits per heavy atom. The largest absolute Gasteiger partial charge is 0.387 e. The van der Waals surface area contributed by atoms with Crippen LogP contribution in [0.3, 0.4) is 0 Å². The zero-order chi connectivity index (χ0) is 13.8. The van der Waals surface area contributed by atoms with Crippen LogP contribution in [0.2, 0.25) is 0 Å². The Morgan fingerprint density at radius 1 is 1.33 bits per heavy atom. The Morgan fingerprint density at radius 3 is 2.39 bits per heavy atom. The topological polar surface area (TPSA) is 57.6 Å². The number of sulfone groups is 1. The van der Waals surface area contributed by atoms with Crippen molar-refractivity contribution in [3.05, 3.63) is 35.6 Å². The van der Waals surface area contributed by atoms with Gasteiger partial charge in [0, 0.05) is 19.3 Å². The molecule has 0 aliphatic carbocycles. The SMILES string of the molecule is CN(CCS(C)(=O)=O)CC(O)c1ccc(F)cc1. The number of halogens is 1. The summed E-state index contributed by atoms with van der Waals surface area (Å²) in [6.45, 7) is 0.665. The molecule has 0 heterocycles. The maximum Gasteiger partial charge on any atom is 0.148 e. The molecule has 4 nitrogen and oxygen atoms in total. The van der Waals surface area contributed by atoms with E-state index in [1.54, 1.807) is 11.9 Å². The minimum Gasteiger partial charge on any atom is -0.387 e. The lowest BCUT2D eigenvalue weighted by atomic mass is 10.1. The van der Waals surface area contributed by atoms with Crippen molar-refractivity contribution in [2.75, 3.05) is 32.1 Å². The third kappa shape index (κ3) is 5.57. The van der Waals surface area contributed by atoms with Crippen LogP contribution in [-0.2, 0) is 9.84 Å². The Balaban J connectivity index is 2.49. The van der Waals surface area contributed by atoms with Crippen LogP contribution in [0.25, 0.3) is 0 Å². The number of hydrogen-bond donors (Lipinski definition) is 1. The first-order chi connectivity index (χ1) is 8.28. The summed E-state index contributed by atoms with van der Waals surface area (Å²) in [6, 6.07) is 5.61. The average molecular weight is 275 g/mol. The molecule has 0 amide bonds. The van der Waals surface area contributed by atoms with E-state index >= 15 is 0 Å². The zero-order valence-corrected chi connectivity index (χ0v) is 11.3. The van der Waals surface area contributed by atoms with Crippen molar-refractivity contribution < 1.29 is 17.9 Å². The predicted molar refractivity (Wildman–Crippen MR) is 68.6 cm³/mol. The lowest BCUT2D eigenvalue weighted by Crippen LogP contribution is -2.29. The first-order valence-electron chi connectivity index (χ1n) is 5.58. The second-order valence-electron chi connectivity index (χ2n) is 4.46. The van der Waals surface area contributed by atoms with Crippen molar-refractivity contribution in [2.24, 2.45) is 0 Å². The van der Waals surface area contributed by atoms with Gasteiger partial charge in [-0.1, -0.05) is 12.1 Å². The van der Waals surface area contributed by atoms with Gasteiger partial charge in [0.25, 0.3) is 0 Å². The van der Waals surface area contributed by atoms with Crippen molar-refractivity contribution in [2.45, 2.75) is 6.10 Å². The molecular formula is C12H18FNO3S. The van der Waals surface area contributed by atoms with Crippen molar-refractivity contribution in [1.29, 1.82) is 0 Å². The van der Waals surface area contributed by atoms with Crippen molar-refractivity contribution in [1.82, 2.24) is 4.90 Å². The lowest BCUT2D eigenvalue weighted by Gasteiger charge is -2.20. The van der Waals surface area contributed by atoms with Crippen LogP contribution in [0.1, 0.15) is 11.7 Å². The highest BCUT2D eigenvalue weighted by Gasteiger charge is 2.12. The molecular weight excluding hydrogens is 257 g/mol. The molecule has 1 atom stereocenters. The van der Waals surface area contributed by atoms with Crippen LogP contribution >= 0.6 is 0 Å². The van der Waals surface area contributed by atoms with E-state index in [2.05, 4.69) is 0 Å². The molecule has 1 aromatic rings. The smallest absolute Gasteiger partial charge is 0.148 e. The van der Waals surface area contributed by atoms with Gasteiger partial charge in [-0.05, 0) is 24.7 Å². The Kier molecular flexibility index (Phi) is 5.25. The molecule has 1 aromatic carbocycles. The van der Waals surface area contributed by atoms with Gasteiger partial charge < -0.3 is 10.0 Å². The summed E-state index contributed by atoms with van der Waals surface area (Å²) < 4.78 is 34.7. The fourth-order valence-electron chi connectivity index (χ4n) is 1.50. The van der Waals surface area contributed by atoms with Crippen LogP contribution in [0, 0.1) is 5.82 Å². The van der Waals surface area contributed by atoms with Gasteiger partial charge in [0.2, 0.25) is 0 Å². The molecule has 0 saturated carbocycles. The second-order valence-corrected chi connectivity index (χ2v) is 6.72. The highest BCUT2D eigenvalue weighted by molar-refractivity contribution is 7.90. The predicted octanol–water partition coefficient (Wildman–Crippen LogP) is 0.836. The Bertz CT molecular complexity index is 473. The normalized spacial score (nSPS) is 13.8. The van der Waals surface area contributed by atoms with E-state index in [1.165, 1.54) is 30.5 Å². The summed E-state index contributed by atoms with van der Waals surface area (Å²) in [5, 5.41) is 9.90. The average Bonchev–Trinajstić information content (AvgIpc) is 2.26. The molecule has 0 spiro atoms. The van der Waals surface area contributed by atoms with E-state index in [-0.39, 0.29) is 11.6 Å². The molecule has 0 bridgehead atoms. The number of benzene rings is 1. The first kappa shape index (κ1) is 15.1. The van der Waals surface area contributed by atoms with E-state index < -0.39 is 15.9 Å². The minimum atomic E-state index is -3.00. The molecule has 1 N–H and O–H groups in total. The minimum absolute atomic E-state index is 0.0552. The van der Waals surface area contributed by atoms with Gasteiger partial charge in [0.1, 0.15) is 15.7 Å². The summed E-state index contributed by atoms with van der Waals surface area (Å²) >= 11 is 0. The maximum absolute atomic E-state index is 12.7. The van der Waals surface area contributed by atoms with Crippen LogP contribution in [0.4, 0.5) is 4.39 Å². The van der Waals surface area contributed by atoms with Crippen molar-refractivity contribution in [3.63, 3.8) is 0 Å². The maximum atomic E-state index is 12.7. The molecule has 18 heavy (non-hydrogen) atoms. The van der Waals surface area contributed by atoms with E-state index in [4.69, 9.17) is 0 Å². The van der Waals surface area contributed by atoms with E-state index in [0.717, 1.165) is 0 Å². The van der Waals surface area contributed by atoms with Crippen LogP contribution in [0.5, 0.6) is 0 Å². The quantitative estimate of drug-likeness (QED) is 0.835. The zero-order valence-electron chi connectivity index (χ0n) is 10.5. The second kappa shape index (κ2) is 6.26. The fourth-order valence-corrected chi connectivity index (χ4v) is 2.14. The van der Waals surface area contributed by atoms with Gasteiger partial charge >= 0.3 is 0 Å². The van der Waals surface area contributed by atoms with E-state index in [9.17, 15) is 17.9 Å². The summed E-state index contributed by atoms with van der Waals surface area (Å²) in [4.78, 5) is 1.73. The summed E-state index contributed by atoms with van der Waals surface area (Å²) in [5.41, 5.74) is 0.614. The number of likely N-dealkylation sites (N-methyl/N-ethyl adjacent to an activating group) is 1. The van der Waals surface area contributed by atoms with Gasteiger partial charge in [0.05, 0.1) is 11.9 Å². The molecule has 0 saturated heterocycles. The molecule has 0 aromatic heterocycles. The number of aliphatic hydroxyl groups excluding tert-OH is 1. The summed E-state index contributed by atoms with van der Waals surface area (Å²) in [6.07, 6.45) is 0.423. The summed E-state index contributed by atoms with van der Waals surface area (Å²) in [7, 11) is -1.26. The van der Waals surface area contributed by atoms with E-state index in [0.29, 0.717) is 18.7 Å². The van der Waals surface area contributed by atoms with Gasteiger partial charge in [-0.2, -0.15) is 0 Å². The number of hydrogen-bond acceptors (Lipinski definition) is 4. The molecule has 6 heteroatoms. The first-order valence-corrected chi connectivity index (χ1v) is 7.64. The molecule has 0 fully saturated rings. The Hall–Kier alpha value is -0.980. The van der Waals surface area contributed by atoms with E-state index in [1.807, 2.05) is 0 Å². The molecule has 1 unspecified atom stereocenters. The molecule has 1 rings (SSSR count). The van der Waals surface area contributed by atoms with Gasteiger partial charge in [-0.25, -0.2) is 12.8 Å². The number of nitrogens with zero attached hydrogens (tertiary/aromatic N) is 1. The Labute approximate surface area is 107 Å². The van der Waals surface area contributed by atoms with Gasteiger partial charge in [-0.15, -0.1) is 0 Å². The highest BCUT2D eigenvalue weighted by atomic mass is 32.2. The fraction of sp³-hybridized carbons (Fsp3) is 0.500. The third-order valence-corrected chi connectivity index (χ3v) is 3.51. The summed E-state index contributed by atoms with van der Waals surface area (Å²) in [5.74, 6) is -0.295. The molecule has 0 radical (unpaired) electrons. The number of rotatable bonds is 6. The molecule has 0 aliphatic heterocycles. The van der Waals surface area contributed by atoms with Crippen molar-refractivity contribution >= 4 is 9.84 Å². The monoisotopic (exact) mass is 275 g/mol. The molecule has 0 aliphatic rings. The number of aliphatic hydroxyl groups is 1.